The number of hydrogen-bond donors (Lipinski definition) is 1. The van der Waals surface area contributed by atoms with E-state index in [-0.39, 0.29) is 16.6 Å². The van der Waals surface area contributed by atoms with Crippen LogP contribution in [-0.4, -0.2) is 4.92 Å². The van der Waals surface area contributed by atoms with E-state index in [1.165, 1.54) is 0 Å². The van der Waals surface area contributed by atoms with Crippen molar-refractivity contribution in [2.24, 2.45) is 0 Å². The van der Waals surface area contributed by atoms with Gasteiger partial charge in [0.05, 0.1) is 10.5 Å². The van der Waals surface area contributed by atoms with Crippen molar-refractivity contribution >= 4 is 27.3 Å². The Balaban J connectivity index is 3.46. The van der Waals surface area contributed by atoms with Crippen LogP contribution in [-0.2, 0) is 11.5 Å². The van der Waals surface area contributed by atoms with E-state index >= 15 is 0 Å². The van der Waals surface area contributed by atoms with Crippen molar-refractivity contribution < 1.29 is 18.1 Å². The summed E-state index contributed by atoms with van der Waals surface area (Å²) in [6.45, 7) is 0. The molecule has 16 heavy (non-hydrogen) atoms. The van der Waals surface area contributed by atoms with Crippen molar-refractivity contribution in [2.75, 3.05) is 5.73 Å². The molecule has 88 valence electrons. The maximum atomic E-state index is 12.4. The lowest BCUT2D eigenvalue weighted by molar-refractivity contribution is -0.384. The molecule has 0 atom stereocenters. The summed E-state index contributed by atoms with van der Waals surface area (Å²) in [5, 5.41) is 10.5. The fraction of sp³-hybridized carbons (Fsp3) is 0.250. The largest absolute Gasteiger partial charge is 0.416 e. The molecule has 0 saturated heterocycles. The molecular formula is C8H6BrF3N2O2. The van der Waals surface area contributed by atoms with Gasteiger partial charge in [-0.15, -0.1) is 0 Å². The highest BCUT2D eigenvalue weighted by Gasteiger charge is 2.33. The molecule has 0 amide bonds. The minimum atomic E-state index is -4.63. The van der Waals surface area contributed by atoms with E-state index in [1.807, 2.05) is 0 Å². The summed E-state index contributed by atoms with van der Waals surface area (Å²) in [4.78, 5) is 9.58. The Morgan fingerprint density at radius 2 is 2.00 bits per heavy atom. The van der Waals surface area contributed by atoms with Gasteiger partial charge in [0.15, 0.2) is 0 Å². The zero-order chi connectivity index (χ0) is 12.5. The molecule has 2 N–H and O–H groups in total. The van der Waals surface area contributed by atoms with Crippen molar-refractivity contribution in [3.05, 3.63) is 33.4 Å². The van der Waals surface area contributed by atoms with E-state index in [0.29, 0.717) is 6.07 Å². The Morgan fingerprint density at radius 1 is 1.44 bits per heavy atom. The third-order valence-electron chi connectivity index (χ3n) is 1.91. The zero-order valence-corrected chi connectivity index (χ0v) is 9.30. The molecule has 0 unspecified atom stereocenters. The maximum absolute atomic E-state index is 12.4. The lowest BCUT2D eigenvalue weighted by atomic mass is 10.1. The molecule has 0 aliphatic rings. The van der Waals surface area contributed by atoms with Crippen LogP contribution in [0.15, 0.2) is 12.1 Å². The van der Waals surface area contributed by atoms with Gasteiger partial charge >= 0.3 is 6.18 Å². The number of nitrogens with zero attached hydrogens (tertiary/aromatic N) is 1. The predicted molar refractivity (Wildman–Crippen MR) is 55.1 cm³/mol. The van der Waals surface area contributed by atoms with E-state index in [1.54, 1.807) is 0 Å². The van der Waals surface area contributed by atoms with E-state index in [0.717, 1.165) is 6.07 Å². The Hall–Kier alpha value is -1.31. The van der Waals surface area contributed by atoms with Gasteiger partial charge in [0.1, 0.15) is 5.69 Å². The molecule has 0 aliphatic carbocycles. The lowest BCUT2D eigenvalue weighted by Crippen LogP contribution is -2.08. The number of nitro groups is 1. The molecule has 1 aromatic carbocycles. The number of alkyl halides is 4. The third kappa shape index (κ3) is 2.43. The van der Waals surface area contributed by atoms with Crippen LogP contribution in [0.2, 0.25) is 0 Å². The van der Waals surface area contributed by atoms with Gasteiger partial charge in [0.25, 0.3) is 5.69 Å². The van der Waals surface area contributed by atoms with Crippen molar-refractivity contribution in [3.8, 4) is 0 Å². The number of hydrogen-bond acceptors (Lipinski definition) is 3. The molecular weight excluding hydrogens is 293 g/mol. The molecule has 0 saturated carbocycles. The van der Waals surface area contributed by atoms with E-state index in [4.69, 9.17) is 5.73 Å². The number of nitrogens with two attached hydrogens (primary N) is 1. The first kappa shape index (κ1) is 12.8. The Morgan fingerprint density at radius 3 is 2.38 bits per heavy atom. The highest BCUT2D eigenvalue weighted by atomic mass is 79.9. The Bertz CT molecular complexity index is 434. The standard InChI is InChI=1S/C8H6BrF3N2O2/c9-3-4-1-5(8(10,11)12)2-6(7(4)13)14(15)16/h1-2H,3,13H2. The SMILES string of the molecule is Nc1c(CBr)cc(C(F)(F)F)cc1[N+](=O)[O-]. The second kappa shape index (κ2) is 4.28. The molecule has 0 aliphatic heterocycles. The van der Waals surface area contributed by atoms with Crippen molar-refractivity contribution in [1.29, 1.82) is 0 Å². The number of benzene rings is 1. The monoisotopic (exact) mass is 298 g/mol. The number of anilines is 1. The third-order valence-corrected chi connectivity index (χ3v) is 2.52. The van der Waals surface area contributed by atoms with Gasteiger partial charge in [-0.1, -0.05) is 15.9 Å². The summed E-state index contributed by atoms with van der Waals surface area (Å²) in [5.74, 6) is 0. The molecule has 1 aromatic rings. The van der Waals surface area contributed by atoms with Crippen molar-refractivity contribution in [1.82, 2.24) is 0 Å². The van der Waals surface area contributed by atoms with E-state index in [2.05, 4.69) is 15.9 Å². The molecule has 0 fully saturated rings. The molecule has 4 nitrogen and oxygen atoms in total. The summed E-state index contributed by atoms with van der Waals surface area (Å²) < 4.78 is 37.2. The topological polar surface area (TPSA) is 69.2 Å². The van der Waals surface area contributed by atoms with Gasteiger partial charge < -0.3 is 5.73 Å². The summed E-state index contributed by atoms with van der Waals surface area (Å²) in [6, 6.07) is 1.22. The van der Waals surface area contributed by atoms with Crippen molar-refractivity contribution in [3.63, 3.8) is 0 Å². The average Bonchev–Trinajstić information content (AvgIpc) is 2.15. The van der Waals surface area contributed by atoms with Gasteiger partial charge in [0.2, 0.25) is 0 Å². The van der Waals surface area contributed by atoms with E-state index < -0.39 is 22.4 Å². The number of nitrogen functional groups attached to an aromatic ring is 1. The predicted octanol–water partition coefficient (Wildman–Crippen LogP) is 3.09. The lowest BCUT2D eigenvalue weighted by Gasteiger charge is -2.10. The van der Waals surface area contributed by atoms with Crippen LogP contribution in [0, 0.1) is 10.1 Å². The zero-order valence-electron chi connectivity index (χ0n) is 7.71. The molecule has 1 rings (SSSR count). The van der Waals surface area contributed by atoms with Gasteiger partial charge in [-0.25, -0.2) is 0 Å². The van der Waals surface area contributed by atoms with Gasteiger partial charge in [-0.2, -0.15) is 13.2 Å². The Labute approximate surface area is 96.5 Å². The number of rotatable bonds is 2. The van der Waals surface area contributed by atoms with Crippen LogP contribution in [0.1, 0.15) is 11.1 Å². The molecule has 0 spiro atoms. The fourth-order valence-electron chi connectivity index (χ4n) is 1.12. The quantitative estimate of drug-likeness (QED) is 0.395. The van der Waals surface area contributed by atoms with Crippen LogP contribution >= 0.6 is 15.9 Å². The molecule has 0 radical (unpaired) electrons. The van der Waals surface area contributed by atoms with Crippen LogP contribution in [0.25, 0.3) is 0 Å². The smallest absolute Gasteiger partial charge is 0.393 e. The summed E-state index contributed by atoms with van der Waals surface area (Å²) >= 11 is 2.92. The van der Waals surface area contributed by atoms with Gasteiger partial charge in [0, 0.05) is 11.4 Å². The van der Waals surface area contributed by atoms with Gasteiger partial charge in [-0.3, -0.25) is 10.1 Å². The first-order valence-electron chi connectivity index (χ1n) is 3.97. The highest BCUT2D eigenvalue weighted by molar-refractivity contribution is 9.08. The van der Waals surface area contributed by atoms with Gasteiger partial charge in [-0.05, 0) is 11.6 Å². The van der Waals surface area contributed by atoms with Crippen LogP contribution < -0.4 is 5.73 Å². The maximum Gasteiger partial charge on any atom is 0.416 e. The average molecular weight is 299 g/mol. The minimum Gasteiger partial charge on any atom is -0.393 e. The van der Waals surface area contributed by atoms with Crippen LogP contribution in [0.3, 0.4) is 0 Å². The van der Waals surface area contributed by atoms with Crippen LogP contribution in [0.5, 0.6) is 0 Å². The Kier molecular flexibility index (Phi) is 3.41. The van der Waals surface area contributed by atoms with Crippen LogP contribution in [0.4, 0.5) is 24.5 Å². The molecule has 0 bridgehead atoms. The molecule has 8 heteroatoms. The first-order valence-corrected chi connectivity index (χ1v) is 5.09. The summed E-state index contributed by atoms with van der Waals surface area (Å²) in [6.07, 6.45) is -4.63. The first-order chi connectivity index (χ1) is 7.27. The molecule has 0 heterocycles. The fourth-order valence-corrected chi connectivity index (χ4v) is 1.59. The summed E-state index contributed by atoms with van der Waals surface area (Å²) in [7, 11) is 0. The molecule has 0 aromatic heterocycles. The summed E-state index contributed by atoms with van der Waals surface area (Å²) in [5.41, 5.74) is 3.34. The normalized spacial score (nSPS) is 11.5. The second-order valence-corrected chi connectivity index (χ2v) is 3.52. The number of halogens is 4. The minimum absolute atomic E-state index is 0.0175. The van der Waals surface area contributed by atoms with E-state index in [9.17, 15) is 23.3 Å². The highest BCUT2D eigenvalue weighted by Crippen LogP contribution is 2.36. The van der Waals surface area contributed by atoms with Crippen molar-refractivity contribution in [2.45, 2.75) is 11.5 Å². The number of nitro benzene ring substituents is 1. The second-order valence-electron chi connectivity index (χ2n) is 2.96.